The average molecular weight is 256 g/mol. The maximum Gasteiger partial charge on any atom is 0.303 e. The topological polar surface area (TPSA) is 95.5 Å². The first-order valence-electron chi connectivity index (χ1n) is 6.25. The Morgan fingerprint density at radius 2 is 2.22 bits per heavy atom. The lowest BCUT2D eigenvalue weighted by Crippen LogP contribution is -2.33. The molecule has 0 saturated carbocycles. The van der Waals surface area contributed by atoms with E-state index in [1.54, 1.807) is 0 Å². The van der Waals surface area contributed by atoms with Gasteiger partial charge in [-0.15, -0.1) is 0 Å². The third kappa shape index (κ3) is 5.16. The SMILES string of the molecule is CC(CCNC(=O)C1CNC(=O)C1)CCC(=O)O. The molecule has 0 aromatic rings. The van der Waals surface area contributed by atoms with Crippen LogP contribution in [-0.2, 0) is 14.4 Å². The van der Waals surface area contributed by atoms with Gasteiger partial charge in [0, 0.05) is 25.9 Å². The van der Waals surface area contributed by atoms with Crippen molar-refractivity contribution < 1.29 is 19.5 Å². The zero-order valence-electron chi connectivity index (χ0n) is 10.6. The number of carboxylic acids is 1. The number of carbonyl (C=O) groups is 3. The lowest BCUT2D eigenvalue weighted by molar-refractivity contribution is -0.137. The predicted molar refractivity (Wildman–Crippen MR) is 64.8 cm³/mol. The van der Waals surface area contributed by atoms with Crippen LogP contribution >= 0.6 is 0 Å². The van der Waals surface area contributed by atoms with Gasteiger partial charge in [0.25, 0.3) is 0 Å². The number of aliphatic carboxylic acids is 1. The molecule has 6 heteroatoms. The predicted octanol–water partition coefficient (Wildman–Crippen LogP) is 0.130. The number of amides is 2. The van der Waals surface area contributed by atoms with E-state index < -0.39 is 5.97 Å². The Morgan fingerprint density at radius 1 is 1.50 bits per heavy atom. The maximum atomic E-state index is 11.6. The first kappa shape index (κ1) is 14.5. The van der Waals surface area contributed by atoms with Crippen LogP contribution in [0.25, 0.3) is 0 Å². The normalized spacial score (nSPS) is 20.3. The number of rotatable bonds is 7. The van der Waals surface area contributed by atoms with E-state index in [2.05, 4.69) is 10.6 Å². The van der Waals surface area contributed by atoms with E-state index in [4.69, 9.17) is 5.11 Å². The van der Waals surface area contributed by atoms with Crippen LogP contribution in [-0.4, -0.2) is 36.0 Å². The van der Waals surface area contributed by atoms with Crippen molar-refractivity contribution in [2.75, 3.05) is 13.1 Å². The van der Waals surface area contributed by atoms with Gasteiger partial charge >= 0.3 is 5.97 Å². The van der Waals surface area contributed by atoms with Crippen LogP contribution in [0.2, 0.25) is 0 Å². The van der Waals surface area contributed by atoms with Gasteiger partial charge in [0.15, 0.2) is 0 Å². The molecule has 6 nitrogen and oxygen atoms in total. The number of carbonyl (C=O) groups excluding carboxylic acids is 2. The van der Waals surface area contributed by atoms with E-state index in [0.717, 1.165) is 6.42 Å². The Morgan fingerprint density at radius 3 is 2.78 bits per heavy atom. The molecule has 1 heterocycles. The Labute approximate surface area is 106 Å². The summed E-state index contributed by atoms with van der Waals surface area (Å²) in [6.07, 6.45) is 1.80. The Kier molecular flexibility index (Phi) is 5.61. The minimum absolute atomic E-state index is 0.0787. The summed E-state index contributed by atoms with van der Waals surface area (Å²) in [4.78, 5) is 33.0. The Balaban J connectivity index is 2.11. The highest BCUT2D eigenvalue weighted by Gasteiger charge is 2.27. The third-order valence-electron chi connectivity index (χ3n) is 3.14. The van der Waals surface area contributed by atoms with E-state index in [9.17, 15) is 14.4 Å². The second kappa shape index (κ2) is 6.98. The Hall–Kier alpha value is -1.59. The van der Waals surface area contributed by atoms with Crippen molar-refractivity contribution in [3.63, 3.8) is 0 Å². The van der Waals surface area contributed by atoms with E-state index in [0.29, 0.717) is 19.5 Å². The highest BCUT2D eigenvalue weighted by molar-refractivity contribution is 5.89. The molecule has 2 amide bonds. The minimum Gasteiger partial charge on any atom is -0.481 e. The molecule has 0 radical (unpaired) electrons. The standard InChI is InChI=1S/C12H20N2O4/c1-8(2-3-11(16)17)4-5-13-12(18)9-6-10(15)14-7-9/h8-9H,2-7H2,1H3,(H,13,18)(H,14,15)(H,16,17). The summed E-state index contributed by atoms with van der Waals surface area (Å²) >= 11 is 0. The van der Waals surface area contributed by atoms with Crippen LogP contribution in [0.1, 0.15) is 32.6 Å². The molecule has 2 unspecified atom stereocenters. The second-order valence-electron chi connectivity index (χ2n) is 4.82. The van der Waals surface area contributed by atoms with E-state index in [-0.39, 0.29) is 36.5 Å². The summed E-state index contributed by atoms with van der Waals surface area (Å²) in [6.45, 7) is 2.92. The van der Waals surface area contributed by atoms with Gasteiger partial charge in [-0.05, 0) is 18.8 Å². The quantitative estimate of drug-likeness (QED) is 0.603. The maximum absolute atomic E-state index is 11.6. The van der Waals surface area contributed by atoms with Gasteiger partial charge in [-0.1, -0.05) is 6.92 Å². The molecule has 1 aliphatic heterocycles. The van der Waals surface area contributed by atoms with Gasteiger partial charge < -0.3 is 15.7 Å². The van der Waals surface area contributed by atoms with Crippen LogP contribution in [0.5, 0.6) is 0 Å². The van der Waals surface area contributed by atoms with Gasteiger partial charge in [0.1, 0.15) is 0 Å². The summed E-state index contributed by atoms with van der Waals surface area (Å²) in [6, 6.07) is 0. The van der Waals surface area contributed by atoms with Crippen molar-refractivity contribution in [3.05, 3.63) is 0 Å². The summed E-state index contributed by atoms with van der Waals surface area (Å²) in [5.41, 5.74) is 0. The number of nitrogens with one attached hydrogen (secondary N) is 2. The van der Waals surface area contributed by atoms with Gasteiger partial charge in [-0.25, -0.2) is 0 Å². The van der Waals surface area contributed by atoms with Gasteiger partial charge in [-0.2, -0.15) is 0 Å². The van der Waals surface area contributed by atoms with Crippen LogP contribution in [0.3, 0.4) is 0 Å². The fourth-order valence-electron chi connectivity index (χ4n) is 1.89. The number of hydrogen-bond acceptors (Lipinski definition) is 3. The van der Waals surface area contributed by atoms with Crippen molar-refractivity contribution in [1.29, 1.82) is 0 Å². The van der Waals surface area contributed by atoms with E-state index in [1.165, 1.54) is 0 Å². The van der Waals surface area contributed by atoms with Gasteiger partial charge in [-0.3, -0.25) is 14.4 Å². The Bertz CT molecular complexity index is 330. The molecule has 1 saturated heterocycles. The fraction of sp³-hybridized carbons (Fsp3) is 0.750. The molecule has 1 fully saturated rings. The molecular formula is C12H20N2O4. The highest BCUT2D eigenvalue weighted by Crippen LogP contribution is 2.11. The fourth-order valence-corrected chi connectivity index (χ4v) is 1.89. The summed E-state index contributed by atoms with van der Waals surface area (Å²) in [5.74, 6) is -0.957. The molecule has 0 bridgehead atoms. The lowest BCUT2D eigenvalue weighted by Gasteiger charge is -2.12. The highest BCUT2D eigenvalue weighted by atomic mass is 16.4. The molecule has 1 rings (SSSR count). The first-order valence-corrected chi connectivity index (χ1v) is 6.25. The van der Waals surface area contributed by atoms with Crippen molar-refractivity contribution >= 4 is 17.8 Å². The average Bonchev–Trinajstić information content (AvgIpc) is 2.73. The van der Waals surface area contributed by atoms with E-state index >= 15 is 0 Å². The van der Waals surface area contributed by atoms with Gasteiger partial charge in [0.2, 0.25) is 11.8 Å². The van der Waals surface area contributed by atoms with Gasteiger partial charge in [0.05, 0.1) is 5.92 Å². The number of carboxylic acid groups (broad SMARTS) is 1. The molecule has 2 atom stereocenters. The monoisotopic (exact) mass is 256 g/mol. The molecular weight excluding hydrogens is 236 g/mol. The van der Waals surface area contributed by atoms with Crippen molar-refractivity contribution in [2.45, 2.75) is 32.6 Å². The third-order valence-corrected chi connectivity index (χ3v) is 3.14. The lowest BCUT2D eigenvalue weighted by atomic mass is 10.0. The van der Waals surface area contributed by atoms with Crippen LogP contribution in [0.4, 0.5) is 0 Å². The minimum atomic E-state index is -0.790. The largest absolute Gasteiger partial charge is 0.481 e. The molecule has 18 heavy (non-hydrogen) atoms. The summed E-state index contributed by atoms with van der Waals surface area (Å²) in [5, 5.41) is 13.9. The second-order valence-corrected chi connectivity index (χ2v) is 4.82. The van der Waals surface area contributed by atoms with E-state index in [1.807, 2.05) is 6.92 Å². The van der Waals surface area contributed by atoms with Crippen LogP contribution in [0.15, 0.2) is 0 Å². The van der Waals surface area contributed by atoms with Crippen molar-refractivity contribution in [2.24, 2.45) is 11.8 Å². The van der Waals surface area contributed by atoms with Crippen LogP contribution in [0, 0.1) is 11.8 Å². The van der Waals surface area contributed by atoms with Crippen LogP contribution < -0.4 is 10.6 Å². The van der Waals surface area contributed by atoms with Crippen molar-refractivity contribution in [3.8, 4) is 0 Å². The zero-order chi connectivity index (χ0) is 13.5. The first-order chi connectivity index (χ1) is 8.49. The molecule has 0 aromatic heterocycles. The molecule has 102 valence electrons. The zero-order valence-corrected chi connectivity index (χ0v) is 10.6. The molecule has 0 spiro atoms. The molecule has 0 aromatic carbocycles. The number of hydrogen-bond donors (Lipinski definition) is 3. The molecule has 3 N–H and O–H groups in total. The summed E-state index contributed by atoms with van der Waals surface area (Å²) in [7, 11) is 0. The molecule has 0 aliphatic carbocycles. The smallest absolute Gasteiger partial charge is 0.303 e. The van der Waals surface area contributed by atoms with Crippen molar-refractivity contribution in [1.82, 2.24) is 10.6 Å². The molecule has 1 aliphatic rings. The summed E-state index contributed by atoms with van der Waals surface area (Å²) < 4.78 is 0.